The third-order valence-corrected chi connectivity index (χ3v) is 22.5. The van der Waals surface area contributed by atoms with Gasteiger partial charge >= 0.3 is 210 Å². The molecule has 0 aliphatic heterocycles. The van der Waals surface area contributed by atoms with Gasteiger partial charge in [-0.25, -0.2) is 0 Å². The van der Waals surface area contributed by atoms with Crippen molar-refractivity contribution in [2.75, 3.05) is 0 Å². The van der Waals surface area contributed by atoms with Crippen LogP contribution in [0.2, 0.25) is 13.3 Å². The van der Waals surface area contributed by atoms with E-state index in [1.165, 1.54) is 55.4 Å². The van der Waals surface area contributed by atoms with Gasteiger partial charge in [-0.15, -0.1) is 0 Å². The Labute approximate surface area is 209 Å². The Morgan fingerprint density at radius 2 is 1.35 bits per heavy atom. The summed E-state index contributed by atoms with van der Waals surface area (Å²) in [4.78, 5) is 13.8. The molecule has 0 bridgehead atoms. The molecule has 0 atom stereocenters. The fourth-order valence-electron chi connectivity index (χ4n) is 5.01. The first-order chi connectivity index (χ1) is 16.6. The van der Waals surface area contributed by atoms with E-state index in [-0.39, 0.29) is 5.56 Å². The van der Waals surface area contributed by atoms with Gasteiger partial charge in [-0.3, -0.25) is 0 Å². The quantitative estimate of drug-likeness (QED) is 0.216. The molecule has 0 aliphatic carbocycles. The van der Waals surface area contributed by atoms with E-state index in [0.29, 0.717) is 11.1 Å². The van der Waals surface area contributed by atoms with Gasteiger partial charge in [0.15, 0.2) is 0 Å². The average Bonchev–Trinajstić information content (AvgIpc) is 2.89. The van der Waals surface area contributed by atoms with Crippen LogP contribution in [0.4, 0.5) is 0 Å². The van der Waals surface area contributed by atoms with E-state index in [1.54, 1.807) is 0 Å². The van der Waals surface area contributed by atoms with Gasteiger partial charge in [0.2, 0.25) is 0 Å². The molecule has 0 saturated carbocycles. The zero-order chi connectivity index (χ0) is 24.4. The van der Waals surface area contributed by atoms with Crippen molar-refractivity contribution in [2.24, 2.45) is 0 Å². The van der Waals surface area contributed by atoms with Crippen molar-refractivity contribution in [3.05, 3.63) is 82.8 Å². The predicted molar refractivity (Wildman–Crippen MR) is 147 cm³/mol. The molecule has 0 radical (unpaired) electrons. The molecule has 3 aromatic rings. The molecular formula is C30H38N2OSn. The van der Waals surface area contributed by atoms with Crippen LogP contribution in [0.3, 0.4) is 0 Å². The number of nitrogens with zero attached hydrogens (tertiary/aromatic N) is 2. The SMILES string of the molecule is CCC[CH2][Sn]([CH2]CCC)([CH2]CCC)[c]1cc(-c2ccccc2C#N)c(=O)n(-c2ccccc2)c1. The molecule has 0 N–H and O–H groups in total. The molecule has 1 heterocycles. The summed E-state index contributed by atoms with van der Waals surface area (Å²) < 4.78 is 7.29. The van der Waals surface area contributed by atoms with Gasteiger partial charge in [0.25, 0.3) is 0 Å². The molecule has 0 unspecified atom stereocenters. The van der Waals surface area contributed by atoms with Crippen LogP contribution in [0, 0.1) is 11.3 Å². The summed E-state index contributed by atoms with van der Waals surface area (Å²) in [5, 5.41) is 9.79. The Kier molecular flexibility index (Phi) is 10.0. The molecule has 0 amide bonds. The summed E-state index contributed by atoms with van der Waals surface area (Å²) in [7, 11) is 0. The van der Waals surface area contributed by atoms with E-state index in [0.717, 1.165) is 11.3 Å². The second-order valence-corrected chi connectivity index (χ2v) is 22.6. The second kappa shape index (κ2) is 13.0. The number of para-hydroxylation sites is 1. The summed E-state index contributed by atoms with van der Waals surface area (Å²) in [6.07, 6.45) is 9.60. The van der Waals surface area contributed by atoms with Crippen LogP contribution in [-0.4, -0.2) is 22.9 Å². The van der Waals surface area contributed by atoms with E-state index in [4.69, 9.17) is 0 Å². The Morgan fingerprint density at radius 3 is 1.91 bits per heavy atom. The number of aromatic nitrogens is 1. The number of pyridine rings is 1. The summed E-state index contributed by atoms with van der Waals surface area (Å²) >= 11 is -2.82. The Hall–Kier alpha value is -2.32. The summed E-state index contributed by atoms with van der Waals surface area (Å²) in [5.74, 6) is 0. The van der Waals surface area contributed by atoms with Gasteiger partial charge in [0, 0.05) is 0 Å². The third-order valence-electron chi connectivity index (χ3n) is 7.03. The number of hydrogen-bond donors (Lipinski definition) is 0. The van der Waals surface area contributed by atoms with Gasteiger partial charge in [0.1, 0.15) is 0 Å². The van der Waals surface area contributed by atoms with Crippen LogP contribution < -0.4 is 9.14 Å². The third kappa shape index (κ3) is 6.02. The zero-order valence-electron chi connectivity index (χ0n) is 21.0. The molecule has 1 aromatic heterocycles. The first-order valence-corrected chi connectivity index (χ1v) is 20.4. The van der Waals surface area contributed by atoms with Crippen molar-refractivity contribution >= 4 is 22.0 Å². The molecule has 3 nitrogen and oxygen atoms in total. The van der Waals surface area contributed by atoms with Gasteiger partial charge in [0.05, 0.1) is 0 Å². The molecule has 0 fully saturated rings. The van der Waals surface area contributed by atoms with Gasteiger partial charge in [-0.05, 0) is 0 Å². The fraction of sp³-hybridized carbons (Fsp3) is 0.400. The minimum absolute atomic E-state index is 0.0423. The van der Waals surface area contributed by atoms with Crippen LogP contribution in [0.5, 0.6) is 0 Å². The van der Waals surface area contributed by atoms with Crippen molar-refractivity contribution in [3.8, 4) is 22.9 Å². The van der Waals surface area contributed by atoms with Crippen molar-refractivity contribution in [3.63, 3.8) is 0 Å². The van der Waals surface area contributed by atoms with E-state index in [9.17, 15) is 10.1 Å². The van der Waals surface area contributed by atoms with Crippen molar-refractivity contribution in [1.29, 1.82) is 5.26 Å². The minimum atomic E-state index is -2.82. The monoisotopic (exact) mass is 562 g/mol. The van der Waals surface area contributed by atoms with E-state index >= 15 is 0 Å². The maximum absolute atomic E-state index is 13.8. The summed E-state index contributed by atoms with van der Waals surface area (Å²) in [6, 6.07) is 22.0. The number of hydrogen-bond acceptors (Lipinski definition) is 2. The molecular weight excluding hydrogens is 523 g/mol. The summed E-state index contributed by atoms with van der Waals surface area (Å²) in [5.41, 5.74) is 2.84. The van der Waals surface area contributed by atoms with Crippen molar-refractivity contribution in [1.82, 2.24) is 4.57 Å². The number of nitriles is 1. The molecule has 0 spiro atoms. The molecule has 3 rings (SSSR count). The average molecular weight is 561 g/mol. The van der Waals surface area contributed by atoms with Crippen LogP contribution in [0.1, 0.15) is 64.9 Å². The molecule has 0 aliphatic rings. The predicted octanol–water partition coefficient (Wildman–Crippen LogP) is 7.43. The first-order valence-electron chi connectivity index (χ1n) is 12.9. The molecule has 34 heavy (non-hydrogen) atoms. The second-order valence-electron chi connectivity index (χ2n) is 9.40. The van der Waals surface area contributed by atoms with Crippen LogP contribution in [0.25, 0.3) is 16.8 Å². The maximum atomic E-state index is 13.8. The van der Waals surface area contributed by atoms with Crippen molar-refractivity contribution < 1.29 is 0 Å². The Bertz CT molecular complexity index is 1140. The van der Waals surface area contributed by atoms with E-state index in [1.807, 2.05) is 59.2 Å². The molecule has 2 aromatic carbocycles. The van der Waals surface area contributed by atoms with Crippen LogP contribution >= 0.6 is 0 Å². The number of rotatable bonds is 12. The van der Waals surface area contributed by atoms with Crippen LogP contribution in [-0.2, 0) is 0 Å². The zero-order valence-corrected chi connectivity index (χ0v) is 23.9. The van der Waals surface area contributed by atoms with E-state index < -0.39 is 18.4 Å². The van der Waals surface area contributed by atoms with Gasteiger partial charge in [-0.2, -0.15) is 0 Å². The molecule has 0 saturated heterocycles. The Morgan fingerprint density at radius 1 is 0.794 bits per heavy atom. The normalized spacial score (nSPS) is 11.4. The van der Waals surface area contributed by atoms with Crippen LogP contribution in [0.15, 0.2) is 71.7 Å². The number of benzene rings is 2. The summed E-state index contributed by atoms with van der Waals surface area (Å²) in [6.45, 7) is 6.86. The number of unbranched alkanes of at least 4 members (excludes halogenated alkanes) is 3. The fourth-order valence-corrected chi connectivity index (χ4v) is 20.9. The standard InChI is InChI=1S/C18H11N2O.3C4H9.Sn/c19-13-14-7-4-5-10-16(14)17-11-6-12-20(18(17)21)15-8-2-1-3-9-15;3*1-3-4-2;/h1-5,7-12H;3*1,3-4H2,2H3;. The molecule has 4 heteroatoms. The van der Waals surface area contributed by atoms with Gasteiger partial charge in [-0.1, -0.05) is 0 Å². The topological polar surface area (TPSA) is 45.8 Å². The van der Waals surface area contributed by atoms with Crippen molar-refractivity contribution in [2.45, 2.75) is 72.6 Å². The van der Waals surface area contributed by atoms with E-state index in [2.05, 4.69) is 39.1 Å². The molecule has 178 valence electrons. The van der Waals surface area contributed by atoms with Gasteiger partial charge < -0.3 is 0 Å². The Balaban J connectivity index is 2.33. The first kappa shape index (κ1) is 26.3.